The van der Waals surface area contributed by atoms with E-state index in [1.165, 1.54) is 7.11 Å². The molecule has 3 rings (SSSR count). The maximum absolute atomic E-state index is 9.60. The van der Waals surface area contributed by atoms with Gasteiger partial charge in [-0.3, -0.25) is 0 Å². The highest BCUT2D eigenvalue weighted by atomic mass is 32.1. The van der Waals surface area contributed by atoms with Gasteiger partial charge < -0.3 is 15.2 Å². The molecular weight excluding hydrogens is 296 g/mol. The van der Waals surface area contributed by atoms with E-state index in [-0.39, 0.29) is 5.75 Å². The molecule has 1 heterocycles. The Morgan fingerprint density at radius 1 is 1.18 bits per heavy atom. The Morgan fingerprint density at radius 3 is 2.82 bits per heavy atom. The van der Waals surface area contributed by atoms with Crippen LogP contribution in [-0.4, -0.2) is 24.2 Å². The molecule has 0 radical (unpaired) electrons. The topological polar surface area (TPSA) is 54.4 Å². The van der Waals surface area contributed by atoms with Crippen LogP contribution in [0.4, 0.5) is 5.69 Å². The molecule has 0 saturated carbocycles. The molecule has 1 aromatic heterocycles. The number of hydrogen-bond donors (Lipinski definition) is 2. The molecule has 0 amide bonds. The molecule has 0 fully saturated rings. The average Bonchev–Trinajstić information content (AvgIpc) is 2.95. The lowest BCUT2D eigenvalue weighted by Crippen LogP contribution is -1.86. The fraction of sp³-hybridized carbons (Fsp3) is 0.118. The Hall–Kier alpha value is -2.53. The van der Waals surface area contributed by atoms with Gasteiger partial charge in [0, 0.05) is 12.7 Å². The molecule has 5 heteroatoms. The highest BCUT2D eigenvalue weighted by molar-refractivity contribution is 7.19. The quantitative estimate of drug-likeness (QED) is 0.757. The third-order valence-electron chi connectivity index (χ3n) is 3.31. The number of nitrogens with one attached hydrogen (secondary N) is 1. The summed E-state index contributed by atoms with van der Waals surface area (Å²) in [6.45, 7) is 0. The third kappa shape index (κ3) is 2.89. The molecule has 112 valence electrons. The highest BCUT2D eigenvalue weighted by Gasteiger charge is 2.03. The molecule has 0 unspecified atom stereocenters. The Kier molecular flexibility index (Phi) is 3.98. The van der Waals surface area contributed by atoms with Gasteiger partial charge in [0.15, 0.2) is 11.5 Å². The number of rotatable bonds is 4. The summed E-state index contributed by atoms with van der Waals surface area (Å²) in [4.78, 5) is 4.61. The van der Waals surface area contributed by atoms with Gasteiger partial charge in [-0.15, -0.1) is 11.3 Å². The lowest BCUT2D eigenvalue weighted by Gasteiger charge is -2.03. The number of hydrogen-bond acceptors (Lipinski definition) is 5. The zero-order valence-corrected chi connectivity index (χ0v) is 13.1. The second-order valence-electron chi connectivity index (χ2n) is 4.75. The Morgan fingerprint density at radius 2 is 2.05 bits per heavy atom. The summed E-state index contributed by atoms with van der Waals surface area (Å²) < 4.78 is 6.26. The van der Waals surface area contributed by atoms with E-state index in [1.807, 2.05) is 37.4 Å². The van der Waals surface area contributed by atoms with Crippen molar-refractivity contribution in [2.75, 3.05) is 19.5 Å². The number of phenolic OH excluding ortho intramolecular Hbond substituents is 1. The summed E-state index contributed by atoms with van der Waals surface area (Å²) in [5.74, 6) is 0.601. The minimum atomic E-state index is 0.138. The lowest BCUT2D eigenvalue weighted by atomic mass is 10.2. The van der Waals surface area contributed by atoms with Crippen molar-refractivity contribution in [1.29, 1.82) is 0 Å². The molecule has 0 aliphatic rings. The molecule has 22 heavy (non-hydrogen) atoms. The van der Waals surface area contributed by atoms with E-state index in [1.54, 1.807) is 23.5 Å². The number of thiazole rings is 1. The molecule has 0 saturated heterocycles. The van der Waals surface area contributed by atoms with Crippen LogP contribution in [0.5, 0.6) is 11.5 Å². The summed E-state index contributed by atoms with van der Waals surface area (Å²) in [7, 11) is 3.43. The predicted molar refractivity (Wildman–Crippen MR) is 92.8 cm³/mol. The van der Waals surface area contributed by atoms with Crippen molar-refractivity contribution in [3.8, 4) is 11.5 Å². The van der Waals surface area contributed by atoms with E-state index in [2.05, 4.69) is 16.4 Å². The fourth-order valence-electron chi connectivity index (χ4n) is 2.14. The SMILES string of the molecule is CNc1ccc2sc(/C=C/c3ccc(O)c(OC)c3)nc2c1. The summed E-state index contributed by atoms with van der Waals surface area (Å²) in [5, 5.41) is 13.7. The number of ether oxygens (including phenoxy) is 1. The summed E-state index contributed by atoms with van der Waals surface area (Å²) in [6.07, 6.45) is 3.92. The minimum absolute atomic E-state index is 0.138. The number of aromatic nitrogens is 1. The standard InChI is InChI=1S/C17H16N2O2S/c1-18-12-5-7-16-13(10-12)19-17(22-16)8-4-11-3-6-14(20)15(9-11)21-2/h3-10,18,20H,1-2H3/b8-4+. The van der Waals surface area contributed by atoms with Crippen molar-refractivity contribution >= 4 is 39.4 Å². The van der Waals surface area contributed by atoms with Gasteiger partial charge >= 0.3 is 0 Å². The van der Waals surface area contributed by atoms with Gasteiger partial charge in [0.2, 0.25) is 0 Å². The Bertz CT molecular complexity index is 840. The van der Waals surface area contributed by atoms with Crippen molar-refractivity contribution in [2.45, 2.75) is 0 Å². The normalized spacial score (nSPS) is 11.2. The van der Waals surface area contributed by atoms with Crippen LogP contribution in [0.25, 0.3) is 22.4 Å². The number of fused-ring (bicyclic) bond motifs is 1. The van der Waals surface area contributed by atoms with Crippen molar-refractivity contribution in [1.82, 2.24) is 4.98 Å². The first kappa shape index (κ1) is 14.4. The largest absolute Gasteiger partial charge is 0.504 e. The molecule has 2 aromatic carbocycles. The van der Waals surface area contributed by atoms with E-state index in [9.17, 15) is 5.11 Å². The van der Waals surface area contributed by atoms with Gasteiger partial charge in [-0.25, -0.2) is 4.98 Å². The van der Waals surface area contributed by atoms with E-state index >= 15 is 0 Å². The molecule has 0 aliphatic heterocycles. The van der Waals surface area contributed by atoms with Crippen LogP contribution in [0.15, 0.2) is 36.4 Å². The van der Waals surface area contributed by atoms with E-state index in [4.69, 9.17) is 4.74 Å². The molecular formula is C17H16N2O2S. The van der Waals surface area contributed by atoms with Gasteiger partial charge in [0.05, 0.1) is 17.3 Å². The number of aromatic hydroxyl groups is 1. The summed E-state index contributed by atoms with van der Waals surface area (Å²) >= 11 is 1.64. The van der Waals surface area contributed by atoms with Crippen LogP contribution in [0.1, 0.15) is 10.6 Å². The first-order valence-electron chi connectivity index (χ1n) is 6.83. The fourth-order valence-corrected chi connectivity index (χ4v) is 2.99. The predicted octanol–water partition coefficient (Wildman–Crippen LogP) is 4.22. The van der Waals surface area contributed by atoms with Crippen LogP contribution in [-0.2, 0) is 0 Å². The second-order valence-corrected chi connectivity index (χ2v) is 5.81. The van der Waals surface area contributed by atoms with Crippen LogP contribution in [0, 0.1) is 0 Å². The zero-order chi connectivity index (χ0) is 15.5. The maximum atomic E-state index is 9.60. The van der Waals surface area contributed by atoms with E-state index < -0.39 is 0 Å². The van der Waals surface area contributed by atoms with Crippen molar-refractivity contribution < 1.29 is 9.84 Å². The highest BCUT2D eigenvalue weighted by Crippen LogP contribution is 2.28. The molecule has 2 N–H and O–H groups in total. The summed E-state index contributed by atoms with van der Waals surface area (Å²) in [5.41, 5.74) is 2.99. The van der Waals surface area contributed by atoms with Crippen LogP contribution in [0.3, 0.4) is 0 Å². The number of benzene rings is 2. The molecule has 0 spiro atoms. The van der Waals surface area contributed by atoms with Gasteiger partial charge in [0.1, 0.15) is 5.01 Å². The summed E-state index contributed by atoms with van der Waals surface area (Å²) in [6, 6.07) is 11.4. The molecule has 4 nitrogen and oxygen atoms in total. The van der Waals surface area contributed by atoms with E-state index in [0.717, 1.165) is 26.5 Å². The van der Waals surface area contributed by atoms with Crippen molar-refractivity contribution in [3.63, 3.8) is 0 Å². The minimum Gasteiger partial charge on any atom is -0.504 e. The van der Waals surface area contributed by atoms with Gasteiger partial charge in [0.25, 0.3) is 0 Å². The monoisotopic (exact) mass is 312 g/mol. The van der Waals surface area contributed by atoms with Crippen molar-refractivity contribution in [2.24, 2.45) is 0 Å². The Labute approximate surface area is 132 Å². The first-order valence-corrected chi connectivity index (χ1v) is 7.64. The van der Waals surface area contributed by atoms with Gasteiger partial charge in [-0.05, 0) is 42.0 Å². The van der Waals surface area contributed by atoms with Crippen LogP contribution < -0.4 is 10.1 Å². The second kappa shape index (κ2) is 6.07. The molecule has 3 aromatic rings. The Balaban J connectivity index is 1.88. The molecule has 0 bridgehead atoms. The number of anilines is 1. The molecule has 0 aliphatic carbocycles. The van der Waals surface area contributed by atoms with Crippen LogP contribution in [0.2, 0.25) is 0 Å². The van der Waals surface area contributed by atoms with Gasteiger partial charge in [-0.2, -0.15) is 0 Å². The van der Waals surface area contributed by atoms with Crippen LogP contribution >= 0.6 is 11.3 Å². The molecule has 0 atom stereocenters. The zero-order valence-electron chi connectivity index (χ0n) is 12.3. The number of nitrogens with zero attached hydrogens (tertiary/aromatic N) is 1. The van der Waals surface area contributed by atoms with Crippen molar-refractivity contribution in [3.05, 3.63) is 47.0 Å². The maximum Gasteiger partial charge on any atom is 0.161 e. The van der Waals surface area contributed by atoms with E-state index in [0.29, 0.717) is 5.75 Å². The average molecular weight is 312 g/mol. The lowest BCUT2D eigenvalue weighted by molar-refractivity contribution is 0.373. The van der Waals surface area contributed by atoms with Gasteiger partial charge in [-0.1, -0.05) is 12.1 Å². The number of phenols is 1. The first-order chi connectivity index (χ1) is 10.7. The number of methoxy groups -OCH3 is 1. The smallest absolute Gasteiger partial charge is 0.161 e. The third-order valence-corrected chi connectivity index (χ3v) is 4.32.